The van der Waals surface area contributed by atoms with Crippen LogP contribution < -0.4 is 0 Å². The fraction of sp³-hybridized carbons (Fsp3) is 0. The van der Waals surface area contributed by atoms with E-state index in [0.29, 0.717) is 0 Å². The maximum atomic E-state index is 12.0. The molecule has 4 aromatic carbocycles. The van der Waals surface area contributed by atoms with Crippen molar-refractivity contribution in [3.63, 3.8) is 0 Å². The van der Waals surface area contributed by atoms with Gasteiger partial charge < -0.3 is 0 Å². The van der Waals surface area contributed by atoms with E-state index in [1.54, 1.807) is 0 Å². The molecule has 0 aliphatic rings. The van der Waals surface area contributed by atoms with Gasteiger partial charge >= 0.3 is 21.7 Å². The zero-order valence-corrected chi connectivity index (χ0v) is 17.0. The SMILES string of the molecule is Fc1[c-]c(F)c(F)c(F)c1.Fc1[c-]c(F)c(F)c(F)c1.[Ti+4].c1cc[cH-]c1.c1cc[cH-]c1. The van der Waals surface area contributed by atoms with Gasteiger partial charge in [0.15, 0.2) is 0 Å². The Balaban J connectivity index is 0.000000401. The smallest absolute Gasteiger partial charge is 0.278 e. The summed E-state index contributed by atoms with van der Waals surface area (Å²) < 4.78 is 95.5. The van der Waals surface area contributed by atoms with Gasteiger partial charge in [0, 0.05) is 11.6 Å². The predicted octanol–water partition coefficient (Wildman–Crippen LogP) is 6.89. The molecule has 0 amide bonds. The Morgan fingerprint density at radius 2 is 0.806 bits per heavy atom. The molecule has 0 spiro atoms. The van der Waals surface area contributed by atoms with Crippen molar-refractivity contribution in [2.75, 3.05) is 0 Å². The van der Waals surface area contributed by atoms with Crippen molar-refractivity contribution in [3.8, 4) is 0 Å². The average Bonchev–Trinajstić information content (AvgIpc) is 3.43. The maximum absolute atomic E-state index is 12.0. The standard InChI is InChI=1S/2C6HF4.2C5H5.Ti/c2*7-3-1-4(8)6(10)5(9)2-3;2*1-2-4-5-3-1;/h2*1H;2*1-5H;/q4*-1;+4. The summed E-state index contributed by atoms with van der Waals surface area (Å²) >= 11 is 0. The molecule has 0 saturated carbocycles. The number of benzene rings is 2. The van der Waals surface area contributed by atoms with Crippen molar-refractivity contribution in [2.24, 2.45) is 0 Å². The average molecular weight is 476 g/mol. The van der Waals surface area contributed by atoms with E-state index in [9.17, 15) is 35.1 Å². The van der Waals surface area contributed by atoms with Crippen molar-refractivity contribution in [1.29, 1.82) is 0 Å². The molecule has 31 heavy (non-hydrogen) atoms. The molecule has 0 atom stereocenters. The summed E-state index contributed by atoms with van der Waals surface area (Å²) in [7, 11) is 0. The van der Waals surface area contributed by atoms with Crippen LogP contribution in [0.15, 0.2) is 72.8 Å². The summed E-state index contributed by atoms with van der Waals surface area (Å²) in [5.41, 5.74) is 0. The second-order valence-electron chi connectivity index (χ2n) is 5.11. The van der Waals surface area contributed by atoms with Crippen molar-refractivity contribution < 1.29 is 56.8 Å². The topological polar surface area (TPSA) is 0 Å². The third-order valence-electron chi connectivity index (χ3n) is 2.88. The van der Waals surface area contributed by atoms with Crippen LogP contribution in [0.5, 0.6) is 0 Å². The minimum atomic E-state index is -1.71. The normalized spacial score (nSPS) is 9.03. The molecule has 9 heteroatoms. The largest absolute Gasteiger partial charge is 4.00 e. The zero-order valence-electron chi connectivity index (χ0n) is 15.5. The second kappa shape index (κ2) is 15.1. The van der Waals surface area contributed by atoms with Gasteiger partial charge in [-0.1, -0.05) is 12.1 Å². The van der Waals surface area contributed by atoms with Crippen LogP contribution in [0.1, 0.15) is 0 Å². The molecule has 0 bridgehead atoms. The summed E-state index contributed by atoms with van der Waals surface area (Å²) in [6.45, 7) is 0. The van der Waals surface area contributed by atoms with Gasteiger partial charge in [-0.05, 0) is 0 Å². The quantitative estimate of drug-likeness (QED) is 0.0853. The van der Waals surface area contributed by atoms with Gasteiger partial charge in [0.2, 0.25) is 0 Å². The Kier molecular flexibility index (Phi) is 13.8. The van der Waals surface area contributed by atoms with Crippen molar-refractivity contribution in [2.45, 2.75) is 0 Å². The first kappa shape index (κ1) is 28.3. The summed E-state index contributed by atoms with van der Waals surface area (Å²) in [4.78, 5) is 0. The van der Waals surface area contributed by atoms with Crippen molar-refractivity contribution in [3.05, 3.63) is 131 Å². The van der Waals surface area contributed by atoms with Gasteiger partial charge in [-0.2, -0.15) is 36.4 Å². The first-order valence-corrected chi connectivity index (χ1v) is 8.00. The molecular weight excluding hydrogens is 464 g/mol. The molecule has 0 N–H and O–H groups in total. The Labute approximate surface area is 188 Å². The van der Waals surface area contributed by atoms with Gasteiger partial charge in [-0.25, -0.2) is 50.6 Å². The van der Waals surface area contributed by atoms with E-state index in [2.05, 4.69) is 0 Å². The van der Waals surface area contributed by atoms with E-state index in [1.807, 2.05) is 60.7 Å². The Morgan fingerprint density at radius 1 is 0.516 bits per heavy atom. The molecule has 160 valence electrons. The number of hydrogen-bond donors (Lipinski definition) is 0. The van der Waals surface area contributed by atoms with Crippen LogP contribution in [0.3, 0.4) is 0 Å². The fourth-order valence-corrected chi connectivity index (χ4v) is 1.59. The fourth-order valence-electron chi connectivity index (χ4n) is 1.59. The molecule has 0 unspecified atom stereocenters. The van der Waals surface area contributed by atoms with Gasteiger partial charge in [-0.3, -0.25) is 8.78 Å². The molecule has 4 rings (SSSR count). The molecular formula is C22H12F8Ti. The van der Waals surface area contributed by atoms with Crippen LogP contribution >= 0.6 is 0 Å². The van der Waals surface area contributed by atoms with Gasteiger partial charge in [0.05, 0.1) is 34.9 Å². The molecule has 0 saturated heterocycles. The molecule has 0 fully saturated rings. The summed E-state index contributed by atoms with van der Waals surface area (Å²) in [5.74, 6) is -12.3. The Bertz CT molecular complexity index is 821. The Hall–Kier alpha value is -2.71. The van der Waals surface area contributed by atoms with Crippen LogP contribution in [-0.2, 0) is 21.7 Å². The van der Waals surface area contributed by atoms with E-state index < -0.39 is 46.5 Å². The van der Waals surface area contributed by atoms with Crippen LogP contribution in [0.2, 0.25) is 0 Å². The predicted molar refractivity (Wildman–Crippen MR) is 94.3 cm³/mol. The van der Waals surface area contributed by atoms with Crippen LogP contribution in [0.4, 0.5) is 35.1 Å². The van der Waals surface area contributed by atoms with Gasteiger partial charge in [0.25, 0.3) is 0 Å². The maximum Gasteiger partial charge on any atom is 4.00 e. The summed E-state index contributed by atoms with van der Waals surface area (Å²) in [6, 6.07) is 23.1. The van der Waals surface area contributed by atoms with E-state index in [0.717, 1.165) is 0 Å². The van der Waals surface area contributed by atoms with Crippen LogP contribution in [0.25, 0.3) is 0 Å². The first-order chi connectivity index (χ1) is 14.2. The van der Waals surface area contributed by atoms with E-state index >= 15 is 0 Å². The van der Waals surface area contributed by atoms with Gasteiger partial charge in [0.1, 0.15) is 0 Å². The van der Waals surface area contributed by atoms with Gasteiger partial charge in [-0.15, -0.1) is 12.1 Å². The number of hydrogen-bond acceptors (Lipinski definition) is 0. The van der Waals surface area contributed by atoms with E-state index in [-0.39, 0.29) is 33.9 Å². The molecule has 0 radical (unpaired) electrons. The molecule has 0 aliphatic heterocycles. The summed E-state index contributed by atoms with van der Waals surface area (Å²) in [5, 5.41) is 0. The minimum absolute atomic E-state index is 0. The third-order valence-corrected chi connectivity index (χ3v) is 2.88. The minimum Gasteiger partial charge on any atom is -0.278 e. The van der Waals surface area contributed by atoms with E-state index in [4.69, 9.17) is 0 Å². The molecule has 0 aromatic heterocycles. The monoisotopic (exact) mass is 476 g/mol. The van der Waals surface area contributed by atoms with Crippen molar-refractivity contribution >= 4 is 0 Å². The second-order valence-corrected chi connectivity index (χ2v) is 5.11. The zero-order chi connectivity index (χ0) is 22.5. The van der Waals surface area contributed by atoms with Crippen LogP contribution in [0, 0.1) is 58.7 Å². The van der Waals surface area contributed by atoms with Crippen molar-refractivity contribution in [1.82, 2.24) is 0 Å². The number of halogens is 8. The number of rotatable bonds is 0. The molecule has 0 heterocycles. The van der Waals surface area contributed by atoms with E-state index in [1.165, 1.54) is 12.1 Å². The summed E-state index contributed by atoms with van der Waals surface area (Å²) in [6.07, 6.45) is 0. The molecule has 0 aliphatic carbocycles. The first-order valence-electron chi connectivity index (χ1n) is 8.00. The molecule has 4 aromatic rings. The van der Waals surface area contributed by atoms with Crippen LogP contribution in [-0.4, -0.2) is 0 Å². The molecule has 0 nitrogen and oxygen atoms in total. The Morgan fingerprint density at radius 3 is 1.00 bits per heavy atom. The third kappa shape index (κ3) is 11.3.